The van der Waals surface area contributed by atoms with E-state index in [9.17, 15) is 0 Å². The molecule has 2 aromatic carbocycles. The lowest BCUT2D eigenvalue weighted by atomic mass is 10.2. The molecule has 0 aliphatic heterocycles. The quantitative estimate of drug-likeness (QED) is 0.570. The first kappa shape index (κ1) is 12.8. The molecule has 0 atom stereocenters. The topological polar surface area (TPSA) is 37.3 Å². The van der Waals surface area contributed by atoms with Crippen LogP contribution in [0.15, 0.2) is 70.4 Å². The van der Waals surface area contributed by atoms with Crippen molar-refractivity contribution in [2.75, 3.05) is 5.43 Å². The van der Waals surface area contributed by atoms with Crippen molar-refractivity contribution in [3.63, 3.8) is 0 Å². The van der Waals surface area contributed by atoms with Gasteiger partial charge < -0.3 is 0 Å². The summed E-state index contributed by atoms with van der Waals surface area (Å²) in [5, 5.41) is 5.36. The van der Waals surface area contributed by atoms with Gasteiger partial charge in [0.25, 0.3) is 0 Å². The van der Waals surface area contributed by atoms with E-state index in [4.69, 9.17) is 0 Å². The van der Waals surface area contributed by atoms with Gasteiger partial charge >= 0.3 is 0 Å². The summed E-state index contributed by atoms with van der Waals surface area (Å²) in [6.07, 6.45) is 3.57. The zero-order valence-electron chi connectivity index (χ0n) is 10.6. The molecule has 4 heteroatoms. The van der Waals surface area contributed by atoms with Crippen molar-refractivity contribution >= 4 is 38.7 Å². The molecular weight excluding hydrogens is 314 g/mol. The molecule has 0 radical (unpaired) electrons. The lowest BCUT2D eigenvalue weighted by Gasteiger charge is -2.04. The molecular formula is C16H12BrN3. The number of nitrogens with one attached hydrogen (secondary N) is 1. The van der Waals surface area contributed by atoms with Gasteiger partial charge in [-0.2, -0.15) is 5.10 Å². The largest absolute Gasteiger partial charge is 0.276 e. The van der Waals surface area contributed by atoms with Crippen LogP contribution in [0.3, 0.4) is 0 Å². The van der Waals surface area contributed by atoms with E-state index in [0.717, 1.165) is 26.6 Å². The number of fused-ring (bicyclic) bond motifs is 1. The second-order valence-corrected chi connectivity index (χ2v) is 5.22. The Morgan fingerprint density at radius 2 is 1.80 bits per heavy atom. The Morgan fingerprint density at radius 1 is 1.00 bits per heavy atom. The number of halogens is 1. The third-order valence-electron chi connectivity index (χ3n) is 2.90. The molecule has 1 heterocycles. The van der Waals surface area contributed by atoms with Crippen LogP contribution in [-0.2, 0) is 0 Å². The first-order valence-electron chi connectivity index (χ1n) is 6.21. The Bertz CT molecular complexity index is 746. The van der Waals surface area contributed by atoms with E-state index < -0.39 is 0 Å². The van der Waals surface area contributed by atoms with Crippen LogP contribution in [0.2, 0.25) is 0 Å². The van der Waals surface area contributed by atoms with Crippen molar-refractivity contribution in [2.45, 2.75) is 0 Å². The summed E-state index contributed by atoms with van der Waals surface area (Å²) < 4.78 is 1.06. The van der Waals surface area contributed by atoms with Crippen molar-refractivity contribution in [1.82, 2.24) is 4.98 Å². The van der Waals surface area contributed by atoms with Crippen LogP contribution in [0.25, 0.3) is 10.9 Å². The van der Waals surface area contributed by atoms with E-state index in [2.05, 4.69) is 31.4 Å². The molecule has 0 saturated heterocycles. The summed E-state index contributed by atoms with van der Waals surface area (Å²) in [5.74, 6) is 0. The van der Waals surface area contributed by atoms with Crippen LogP contribution in [0, 0.1) is 0 Å². The Kier molecular flexibility index (Phi) is 3.74. The van der Waals surface area contributed by atoms with E-state index in [1.165, 1.54) is 0 Å². The fourth-order valence-corrected chi connectivity index (χ4v) is 2.18. The Labute approximate surface area is 125 Å². The molecule has 1 N–H and O–H groups in total. The molecule has 1 aromatic heterocycles. The summed E-state index contributed by atoms with van der Waals surface area (Å²) >= 11 is 3.41. The number of anilines is 1. The number of nitrogens with zero attached hydrogens (tertiary/aromatic N) is 2. The van der Waals surface area contributed by atoms with E-state index in [-0.39, 0.29) is 0 Å². The summed E-state index contributed by atoms with van der Waals surface area (Å²) in [6, 6.07) is 17.9. The SMILES string of the molecule is Brc1ccc(/C=N\Nc2cccc3cccnc23)cc1. The highest BCUT2D eigenvalue weighted by atomic mass is 79.9. The molecule has 0 fully saturated rings. The third-order valence-corrected chi connectivity index (χ3v) is 3.43. The molecule has 3 nitrogen and oxygen atoms in total. The molecule has 0 aliphatic carbocycles. The standard InChI is InChI=1S/C16H12BrN3/c17-14-8-6-12(7-9-14)11-19-20-15-5-1-3-13-4-2-10-18-16(13)15/h1-11,20H/b19-11-. The number of benzene rings is 2. The number of hydrazone groups is 1. The highest BCUT2D eigenvalue weighted by Gasteiger charge is 1.99. The molecule has 0 saturated carbocycles. The Hall–Kier alpha value is -2.20. The molecule has 98 valence electrons. The van der Waals surface area contributed by atoms with Gasteiger partial charge in [0.05, 0.1) is 17.4 Å². The normalized spacial score (nSPS) is 11.1. The summed E-state index contributed by atoms with van der Waals surface area (Å²) in [7, 11) is 0. The smallest absolute Gasteiger partial charge is 0.0951 e. The molecule has 0 bridgehead atoms. The fraction of sp³-hybridized carbons (Fsp3) is 0. The minimum Gasteiger partial charge on any atom is -0.276 e. The number of hydrogen-bond acceptors (Lipinski definition) is 3. The number of aromatic nitrogens is 1. The van der Waals surface area contributed by atoms with E-state index >= 15 is 0 Å². The van der Waals surface area contributed by atoms with E-state index in [1.54, 1.807) is 12.4 Å². The first-order chi connectivity index (χ1) is 9.83. The van der Waals surface area contributed by atoms with Gasteiger partial charge in [-0.25, -0.2) is 0 Å². The number of rotatable bonds is 3. The molecule has 3 rings (SSSR count). The van der Waals surface area contributed by atoms with Crippen LogP contribution >= 0.6 is 15.9 Å². The van der Waals surface area contributed by atoms with Crippen molar-refractivity contribution in [2.24, 2.45) is 5.10 Å². The molecule has 3 aromatic rings. The van der Waals surface area contributed by atoms with Crippen LogP contribution in [0.4, 0.5) is 5.69 Å². The zero-order chi connectivity index (χ0) is 13.8. The van der Waals surface area contributed by atoms with Crippen molar-refractivity contribution in [1.29, 1.82) is 0 Å². The van der Waals surface area contributed by atoms with Gasteiger partial charge in [0.1, 0.15) is 0 Å². The molecule has 0 unspecified atom stereocenters. The van der Waals surface area contributed by atoms with Gasteiger partial charge in [0.15, 0.2) is 0 Å². The minimum absolute atomic E-state index is 0.900. The average Bonchev–Trinajstić information content (AvgIpc) is 2.49. The maximum absolute atomic E-state index is 4.38. The molecule has 0 spiro atoms. The Balaban J connectivity index is 1.81. The highest BCUT2D eigenvalue weighted by molar-refractivity contribution is 9.10. The van der Waals surface area contributed by atoms with Crippen molar-refractivity contribution in [3.8, 4) is 0 Å². The van der Waals surface area contributed by atoms with E-state index in [1.807, 2.05) is 54.6 Å². The lowest BCUT2D eigenvalue weighted by Crippen LogP contribution is -1.92. The van der Waals surface area contributed by atoms with Gasteiger partial charge in [-0.1, -0.05) is 46.3 Å². The van der Waals surface area contributed by atoms with Gasteiger partial charge in [-0.05, 0) is 29.8 Å². The van der Waals surface area contributed by atoms with Crippen LogP contribution in [-0.4, -0.2) is 11.2 Å². The average molecular weight is 326 g/mol. The highest BCUT2D eigenvalue weighted by Crippen LogP contribution is 2.20. The van der Waals surface area contributed by atoms with Crippen LogP contribution < -0.4 is 5.43 Å². The first-order valence-corrected chi connectivity index (χ1v) is 7.00. The van der Waals surface area contributed by atoms with Gasteiger partial charge in [0.2, 0.25) is 0 Å². The number of para-hydroxylation sites is 1. The second-order valence-electron chi connectivity index (χ2n) is 4.30. The van der Waals surface area contributed by atoms with Gasteiger partial charge in [0, 0.05) is 16.1 Å². The van der Waals surface area contributed by atoms with Gasteiger partial charge in [-0.15, -0.1) is 0 Å². The number of pyridine rings is 1. The maximum atomic E-state index is 4.38. The van der Waals surface area contributed by atoms with Crippen LogP contribution in [0.1, 0.15) is 5.56 Å². The summed E-state index contributed by atoms with van der Waals surface area (Å²) in [6.45, 7) is 0. The van der Waals surface area contributed by atoms with Crippen LogP contribution in [0.5, 0.6) is 0 Å². The van der Waals surface area contributed by atoms with Crippen molar-refractivity contribution < 1.29 is 0 Å². The maximum Gasteiger partial charge on any atom is 0.0951 e. The summed E-state index contributed by atoms with van der Waals surface area (Å²) in [4.78, 5) is 4.38. The van der Waals surface area contributed by atoms with E-state index in [0.29, 0.717) is 0 Å². The second kappa shape index (κ2) is 5.84. The van der Waals surface area contributed by atoms with Gasteiger partial charge in [-0.3, -0.25) is 10.4 Å². The lowest BCUT2D eigenvalue weighted by molar-refractivity contribution is 1.33. The molecule has 0 aliphatic rings. The minimum atomic E-state index is 0.900. The van der Waals surface area contributed by atoms with Crippen molar-refractivity contribution in [3.05, 3.63) is 70.8 Å². The third kappa shape index (κ3) is 2.86. The fourth-order valence-electron chi connectivity index (χ4n) is 1.92. The predicted molar refractivity (Wildman–Crippen MR) is 87.1 cm³/mol. The Morgan fingerprint density at radius 3 is 2.65 bits per heavy atom. The monoisotopic (exact) mass is 325 g/mol. The summed E-state index contributed by atoms with van der Waals surface area (Å²) in [5.41, 5.74) is 5.90. The predicted octanol–water partition coefficient (Wildman–Crippen LogP) is 4.44. The molecule has 0 amide bonds. The number of hydrogen-bond donors (Lipinski definition) is 1. The zero-order valence-corrected chi connectivity index (χ0v) is 12.2. The molecule has 20 heavy (non-hydrogen) atoms.